The molecule has 3 rings (SSSR count). The number of fused-ring (bicyclic) bond motifs is 1. The number of hydrogen-bond donors (Lipinski definition) is 1. The third-order valence-electron chi connectivity index (χ3n) is 4.01. The third-order valence-corrected chi connectivity index (χ3v) is 4.41. The van der Waals surface area contributed by atoms with Crippen molar-refractivity contribution in [3.05, 3.63) is 73.9 Å². The summed E-state index contributed by atoms with van der Waals surface area (Å²) < 4.78 is 2.28. The van der Waals surface area contributed by atoms with E-state index in [0.29, 0.717) is 21.6 Å². The van der Waals surface area contributed by atoms with Crippen LogP contribution in [0.5, 0.6) is 0 Å². The van der Waals surface area contributed by atoms with Crippen molar-refractivity contribution in [2.24, 2.45) is 7.05 Å². The lowest BCUT2D eigenvalue weighted by atomic mass is 10.2. The predicted octanol–water partition coefficient (Wildman–Crippen LogP) is 2.30. The molecule has 0 atom stereocenters. The molecule has 6 nitrogen and oxygen atoms in total. The highest BCUT2D eigenvalue weighted by atomic mass is 35.5. The fraction of sp³-hybridized carbons (Fsp3) is 0.167. The molecule has 7 heteroatoms. The van der Waals surface area contributed by atoms with E-state index in [4.69, 9.17) is 11.6 Å². The molecule has 0 saturated carbocycles. The fourth-order valence-corrected chi connectivity index (χ4v) is 2.79. The number of amides is 1. The van der Waals surface area contributed by atoms with E-state index in [1.54, 1.807) is 42.5 Å². The Morgan fingerprint density at radius 1 is 1.16 bits per heavy atom. The smallest absolute Gasteiger partial charge is 0.324 e. The summed E-state index contributed by atoms with van der Waals surface area (Å²) in [5.41, 5.74) is 0.943. The van der Waals surface area contributed by atoms with Crippen molar-refractivity contribution in [1.29, 1.82) is 0 Å². The quantitative estimate of drug-likeness (QED) is 0.781. The number of nitrogens with zero attached hydrogens (tertiary/aromatic N) is 2. The number of aromatic nitrogens is 2. The van der Waals surface area contributed by atoms with Gasteiger partial charge in [0.1, 0.15) is 6.54 Å². The standard InChI is InChI=1S/C18H16ClN3O3/c1-11-7-8-12(9-14(11)19)20-16(23)10-22-15-6-4-3-5-13(15)17(24)21(2)18(22)25/h3-9H,10H2,1-2H3,(H,20,23). The van der Waals surface area contributed by atoms with Crippen LogP contribution in [0.3, 0.4) is 0 Å². The summed E-state index contributed by atoms with van der Waals surface area (Å²) in [6.07, 6.45) is 0. The van der Waals surface area contributed by atoms with Gasteiger partial charge in [0.2, 0.25) is 5.91 Å². The van der Waals surface area contributed by atoms with Crippen LogP contribution in [-0.2, 0) is 18.4 Å². The van der Waals surface area contributed by atoms with E-state index in [-0.39, 0.29) is 18.0 Å². The second kappa shape index (κ2) is 6.57. The highest BCUT2D eigenvalue weighted by molar-refractivity contribution is 6.31. The average Bonchev–Trinajstić information content (AvgIpc) is 2.60. The average molecular weight is 358 g/mol. The summed E-state index contributed by atoms with van der Waals surface area (Å²) in [6.45, 7) is 1.66. The van der Waals surface area contributed by atoms with Crippen LogP contribution >= 0.6 is 11.6 Å². The maximum Gasteiger partial charge on any atom is 0.331 e. The lowest BCUT2D eigenvalue weighted by Crippen LogP contribution is -2.40. The van der Waals surface area contributed by atoms with Crippen molar-refractivity contribution >= 4 is 34.1 Å². The van der Waals surface area contributed by atoms with Crippen LogP contribution in [0.15, 0.2) is 52.1 Å². The molecule has 0 aliphatic rings. The largest absolute Gasteiger partial charge is 0.331 e. The number of carbonyl (C=O) groups is 1. The number of rotatable bonds is 3. The Labute approximate surface area is 148 Å². The topological polar surface area (TPSA) is 73.1 Å². The van der Waals surface area contributed by atoms with Crippen LogP contribution in [0.2, 0.25) is 5.02 Å². The second-order valence-electron chi connectivity index (χ2n) is 5.76. The van der Waals surface area contributed by atoms with Crippen molar-refractivity contribution in [1.82, 2.24) is 9.13 Å². The fourth-order valence-electron chi connectivity index (χ4n) is 2.61. The van der Waals surface area contributed by atoms with Crippen LogP contribution in [0.1, 0.15) is 5.56 Å². The van der Waals surface area contributed by atoms with E-state index >= 15 is 0 Å². The molecule has 0 saturated heterocycles. The molecular weight excluding hydrogens is 342 g/mol. The minimum atomic E-state index is -0.541. The summed E-state index contributed by atoms with van der Waals surface area (Å²) in [6, 6.07) is 11.9. The van der Waals surface area contributed by atoms with Crippen LogP contribution in [0, 0.1) is 6.92 Å². The summed E-state index contributed by atoms with van der Waals surface area (Å²) >= 11 is 6.05. The molecule has 1 heterocycles. The molecule has 0 fully saturated rings. The molecule has 1 N–H and O–H groups in total. The molecule has 0 aliphatic heterocycles. The van der Waals surface area contributed by atoms with Gasteiger partial charge in [-0.25, -0.2) is 4.79 Å². The van der Waals surface area contributed by atoms with Gasteiger partial charge in [0, 0.05) is 17.8 Å². The molecular formula is C18H16ClN3O3. The van der Waals surface area contributed by atoms with Gasteiger partial charge in [-0.3, -0.25) is 18.7 Å². The molecule has 25 heavy (non-hydrogen) atoms. The monoisotopic (exact) mass is 357 g/mol. The first-order chi connectivity index (χ1) is 11.9. The molecule has 0 bridgehead atoms. The van der Waals surface area contributed by atoms with Crippen LogP contribution in [0.25, 0.3) is 10.9 Å². The van der Waals surface area contributed by atoms with Crippen molar-refractivity contribution in [2.45, 2.75) is 13.5 Å². The minimum Gasteiger partial charge on any atom is -0.324 e. The number of para-hydroxylation sites is 1. The highest BCUT2D eigenvalue weighted by Gasteiger charge is 2.13. The molecule has 1 amide bonds. The Balaban J connectivity index is 1.97. The van der Waals surface area contributed by atoms with E-state index in [1.807, 2.05) is 6.92 Å². The SMILES string of the molecule is Cc1ccc(NC(=O)Cn2c(=O)n(C)c(=O)c3ccccc32)cc1Cl. The maximum absolute atomic E-state index is 12.4. The zero-order chi connectivity index (χ0) is 18.1. The minimum absolute atomic E-state index is 0.209. The van der Waals surface area contributed by atoms with Crippen LogP contribution < -0.4 is 16.6 Å². The summed E-state index contributed by atoms with van der Waals surface area (Å²) in [4.78, 5) is 37.0. The molecule has 0 aliphatic carbocycles. The van der Waals surface area contributed by atoms with Gasteiger partial charge in [-0.15, -0.1) is 0 Å². The van der Waals surface area contributed by atoms with E-state index in [2.05, 4.69) is 5.32 Å². The van der Waals surface area contributed by atoms with Gasteiger partial charge in [-0.1, -0.05) is 29.8 Å². The zero-order valence-corrected chi connectivity index (χ0v) is 14.5. The molecule has 1 aromatic heterocycles. The number of nitrogens with one attached hydrogen (secondary N) is 1. The summed E-state index contributed by atoms with van der Waals surface area (Å²) in [5, 5.41) is 3.64. The maximum atomic E-state index is 12.4. The zero-order valence-electron chi connectivity index (χ0n) is 13.7. The number of carbonyl (C=O) groups excluding carboxylic acids is 1. The van der Waals surface area contributed by atoms with Gasteiger partial charge >= 0.3 is 5.69 Å². The van der Waals surface area contributed by atoms with Crippen LogP contribution in [-0.4, -0.2) is 15.0 Å². The molecule has 0 unspecified atom stereocenters. The van der Waals surface area contributed by atoms with Gasteiger partial charge in [-0.2, -0.15) is 0 Å². The van der Waals surface area contributed by atoms with E-state index in [9.17, 15) is 14.4 Å². The molecule has 2 aromatic carbocycles. The van der Waals surface area contributed by atoms with Crippen molar-refractivity contribution < 1.29 is 4.79 Å². The first-order valence-corrected chi connectivity index (χ1v) is 8.01. The first kappa shape index (κ1) is 17.0. The Morgan fingerprint density at radius 3 is 2.60 bits per heavy atom. The van der Waals surface area contributed by atoms with Gasteiger partial charge in [0.25, 0.3) is 5.56 Å². The predicted molar refractivity (Wildman–Crippen MR) is 98.3 cm³/mol. The van der Waals surface area contributed by atoms with Crippen LogP contribution in [0.4, 0.5) is 5.69 Å². The van der Waals surface area contributed by atoms with Crippen molar-refractivity contribution in [3.63, 3.8) is 0 Å². The van der Waals surface area contributed by atoms with Gasteiger partial charge in [0.15, 0.2) is 0 Å². The first-order valence-electron chi connectivity index (χ1n) is 7.63. The summed E-state index contributed by atoms with van der Waals surface area (Å²) in [5.74, 6) is -0.383. The third kappa shape index (κ3) is 3.21. The van der Waals surface area contributed by atoms with Crippen molar-refractivity contribution in [3.8, 4) is 0 Å². The number of benzene rings is 2. The molecule has 0 spiro atoms. The lowest BCUT2D eigenvalue weighted by molar-refractivity contribution is -0.116. The van der Waals surface area contributed by atoms with E-state index < -0.39 is 5.69 Å². The molecule has 3 aromatic rings. The molecule has 128 valence electrons. The Bertz CT molecular complexity index is 1100. The highest BCUT2D eigenvalue weighted by Crippen LogP contribution is 2.20. The van der Waals surface area contributed by atoms with E-state index in [1.165, 1.54) is 11.6 Å². The Morgan fingerprint density at radius 2 is 1.88 bits per heavy atom. The van der Waals surface area contributed by atoms with Crippen molar-refractivity contribution in [2.75, 3.05) is 5.32 Å². The lowest BCUT2D eigenvalue weighted by Gasteiger charge is -2.12. The number of halogens is 1. The number of aryl methyl sites for hydroxylation is 1. The normalized spacial score (nSPS) is 10.8. The Kier molecular flexibility index (Phi) is 4.46. The molecule has 0 radical (unpaired) electrons. The number of anilines is 1. The second-order valence-corrected chi connectivity index (χ2v) is 6.17. The van der Waals surface area contributed by atoms with Gasteiger partial charge in [-0.05, 0) is 36.8 Å². The Hall–Kier alpha value is -2.86. The number of hydrogen-bond acceptors (Lipinski definition) is 3. The summed E-state index contributed by atoms with van der Waals surface area (Å²) in [7, 11) is 1.39. The van der Waals surface area contributed by atoms with E-state index in [0.717, 1.165) is 10.1 Å². The van der Waals surface area contributed by atoms with Gasteiger partial charge < -0.3 is 5.32 Å². The van der Waals surface area contributed by atoms with Gasteiger partial charge in [0.05, 0.1) is 10.9 Å².